The lowest BCUT2D eigenvalue weighted by atomic mass is 9.98. The molecule has 1 amide bonds. The molecule has 1 aliphatic rings. The van der Waals surface area contributed by atoms with Crippen molar-refractivity contribution in [3.8, 4) is 11.8 Å². The van der Waals surface area contributed by atoms with Gasteiger partial charge in [0, 0.05) is 41.5 Å². The van der Waals surface area contributed by atoms with Crippen LogP contribution in [0, 0.1) is 11.8 Å². The molecular formula is C21H15N3O2. The van der Waals surface area contributed by atoms with E-state index in [9.17, 15) is 4.79 Å². The van der Waals surface area contributed by atoms with Crippen molar-refractivity contribution in [3.63, 3.8) is 0 Å². The normalized spacial score (nSPS) is 18.4. The minimum absolute atomic E-state index is 0.335. The number of aromatic nitrogens is 2. The summed E-state index contributed by atoms with van der Waals surface area (Å²) in [5.74, 6) is 6.22. The van der Waals surface area contributed by atoms with Crippen LogP contribution < -0.4 is 5.32 Å². The van der Waals surface area contributed by atoms with Gasteiger partial charge in [0.1, 0.15) is 6.04 Å². The van der Waals surface area contributed by atoms with E-state index in [0.717, 1.165) is 22.3 Å². The SMILES string of the molecule is O=C1N[C@H](c2cncc(C#Cc3ccccc3)c2)[C@@H](c2cccnc2)O1. The second kappa shape index (κ2) is 7.08. The van der Waals surface area contributed by atoms with E-state index in [-0.39, 0.29) is 6.04 Å². The number of cyclic esters (lactones) is 1. The third-order valence-electron chi connectivity index (χ3n) is 4.07. The monoisotopic (exact) mass is 341 g/mol. The van der Waals surface area contributed by atoms with Crippen LogP contribution in [-0.2, 0) is 4.74 Å². The first-order valence-corrected chi connectivity index (χ1v) is 8.19. The zero-order valence-electron chi connectivity index (χ0n) is 13.8. The summed E-state index contributed by atoms with van der Waals surface area (Å²) in [5, 5.41) is 2.84. The number of carbonyl (C=O) groups is 1. The summed E-state index contributed by atoms with van der Waals surface area (Å²) in [6, 6.07) is 15.0. The first-order chi connectivity index (χ1) is 12.8. The molecule has 0 bridgehead atoms. The Balaban J connectivity index is 1.63. The summed E-state index contributed by atoms with van der Waals surface area (Å²) < 4.78 is 5.43. The first-order valence-electron chi connectivity index (χ1n) is 8.19. The second-order valence-corrected chi connectivity index (χ2v) is 5.86. The van der Waals surface area contributed by atoms with Crippen molar-refractivity contribution in [2.45, 2.75) is 12.1 Å². The standard InChI is InChI=1S/C21H15N3O2/c25-21-24-19(20(26-21)17-7-4-10-22-13-17)18-11-16(12-23-14-18)9-8-15-5-2-1-3-6-15/h1-7,10-14,19-20H,(H,24,25)/t19-,20-/m1/s1. The Morgan fingerprint density at radius 2 is 1.69 bits per heavy atom. The second-order valence-electron chi connectivity index (χ2n) is 5.86. The van der Waals surface area contributed by atoms with Gasteiger partial charge in [0.25, 0.3) is 0 Å². The van der Waals surface area contributed by atoms with Gasteiger partial charge in [-0.1, -0.05) is 36.1 Å². The van der Waals surface area contributed by atoms with Crippen molar-refractivity contribution in [3.05, 3.63) is 95.6 Å². The van der Waals surface area contributed by atoms with Gasteiger partial charge in [-0.05, 0) is 29.8 Å². The van der Waals surface area contributed by atoms with Crippen molar-refractivity contribution in [2.24, 2.45) is 0 Å². The third-order valence-corrected chi connectivity index (χ3v) is 4.07. The molecule has 0 aliphatic carbocycles. The average Bonchev–Trinajstić information content (AvgIpc) is 3.10. The molecule has 126 valence electrons. The fourth-order valence-electron chi connectivity index (χ4n) is 2.84. The lowest BCUT2D eigenvalue weighted by Gasteiger charge is -2.17. The summed E-state index contributed by atoms with van der Waals surface area (Å²) in [5.41, 5.74) is 3.38. The van der Waals surface area contributed by atoms with Gasteiger partial charge in [-0.25, -0.2) is 4.79 Å². The van der Waals surface area contributed by atoms with E-state index >= 15 is 0 Å². The smallest absolute Gasteiger partial charge is 0.408 e. The van der Waals surface area contributed by atoms with E-state index in [1.54, 1.807) is 24.8 Å². The molecule has 2 aromatic heterocycles. The summed E-state index contributed by atoms with van der Waals surface area (Å²) in [7, 11) is 0. The first kappa shape index (κ1) is 15.9. The molecule has 5 heteroatoms. The fourth-order valence-corrected chi connectivity index (χ4v) is 2.84. The maximum absolute atomic E-state index is 11.8. The number of hydrogen-bond donors (Lipinski definition) is 1. The number of nitrogens with one attached hydrogen (secondary N) is 1. The third kappa shape index (κ3) is 3.40. The van der Waals surface area contributed by atoms with Crippen molar-refractivity contribution in [1.29, 1.82) is 0 Å². The van der Waals surface area contributed by atoms with Crippen LogP contribution in [0.3, 0.4) is 0 Å². The van der Waals surface area contributed by atoms with Crippen LogP contribution in [0.5, 0.6) is 0 Å². The predicted octanol–water partition coefficient (Wildman–Crippen LogP) is 3.40. The molecule has 3 aromatic rings. The van der Waals surface area contributed by atoms with Crippen LogP contribution in [0.15, 0.2) is 73.3 Å². The molecule has 0 spiro atoms. The molecule has 1 aromatic carbocycles. The molecule has 0 radical (unpaired) electrons. The largest absolute Gasteiger partial charge is 0.439 e. The van der Waals surface area contributed by atoms with E-state index in [0.29, 0.717) is 0 Å². The molecule has 4 rings (SSSR count). The van der Waals surface area contributed by atoms with Crippen LogP contribution in [0.4, 0.5) is 4.79 Å². The molecule has 1 saturated heterocycles. The van der Waals surface area contributed by atoms with Crippen LogP contribution in [0.25, 0.3) is 0 Å². The zero-order valence-corrected chi connectivity index (χ0v) is 13.8. The highest BCUT2D eigenvalue weighted by molar-refractivity contribution is 5.71. The summed E-state index contributed by atoms with van der Waals surface area (Å²) in [6.07, 6.45) is 5.90. The number of amides is 1. The molecule has 1 fully saturated rings. The molecule has 5 nitrogen and oxygen atoms in total. The quantitative estimate of drug-likeness (QED) is 0.726. The maximum Gasteiger partial charge on any atom is 0.408 e. The van der Waals surface area contributed by atoms with Gasteiger partial charge in [-0.2, -0.15) is 0 Å². The number of ether oxygens (including phenoxy) is 1. The zero-order chi connectivity index (χ0) is 17.8. The molecule has 3 heterocycles. The summed E-state index contributed by atoms with van der Waals surface area (Å²) in [6.45, 7) is 0. The van der Waals surface area contributed by atoms with Crippen molar-refractivity contribution >= 4 is 6.09 Å². The summed E-state index contributed by atoms with van der Waals surface area (Å²) >= 11 is 0. The highest BCUT2D eigenvalue weighted by Gasteiger charge is 2.36. The van der Waals surface area contributed by atoms with Gasteiger partial charge < -0.3 is 10.1 Å². The van der Waals surface area contributed by atoms with Gasteiger partial charge in [0.15, 0.2) is 6.10 Å². The lowest BCUT2D eigenvalue weighted by molar-refractivity contribution is 0.132. The average molecular weight is 341 g/mol. The van der Waals surface area contributed by atoms with Gasteiger partial charge in [0.05, 0.1) is 0 Å². The van der Waals surface area contributed by atoms with E-state index in [2.05, 4.69) is 27.1 Å². The minimum Gasteiger partial charge on any atom is -0.439 e. The highest BCUT2D eigenvalue weighted by atomic mass is 16.6. The molecule has 1 N–H and O–H groups in total. The Hall–Kier alpha value is -3.65. The van der Waals surface area contributed by atoms with E-state index < -0.39 is 12.2 Å². The lowest BCUT2D eigenvalue weighted by Crippen LogP contribution is -2.19. The van der Waals surface area contributed by atoms with Crippen LogP contribution >= 0.6 is 0 Å². The van der Waals surface area contributed by atoms with E-state index in [1.165, 1.54) is 0 Å². The molecule has 2 atom stereocenters. The van der Waals surface area contributed by atoms with Gasteiger partial charge >= 0.3 is 6.09 Å². The topological polar surface area (TPSA) is 64.1 Å². The molecular weight excluding hydrogens is 326 g/mol. The van der Waals surface area contributed by atoms with Crippen molar-refractivity contribution in [2.75, 3.05) is 0 Å². The summed E-state index contributed by atoms with van der Waals surface area (Å²) in [4.78, 5) is 20.2. The van der Waals surface area contributed by atoms with Gasteiger partial charge in [-0.15, -0.1) is 0 Å². The van der Waals surface area contributed by atoms with Crippen LogP contribution in [-0.4, -0.2) is 16.1 Å². The van der Waals surface area contributed by atoms with Crippen molar-refractivity contribution < 1.29 is 9.53 Å². The molecule has 1 aliphatic heterocycles. The predicted molar refractivity (Wildman–Crippen MR) is 96.0 cm³/mol. The number of rotatable bonds is 2. The molecule has 0 unspecified atom stereocenters. The molecule has 0 saturated carbocycles. The minimum atomic E-state index is -0.454. The number of alkyl carbamates (subject to hydrolysis) is 1. The van der Waals surface area contributed by atoms with E-state index in [1.807, 2.05) is 48.5 Å². The van der Waals surface area contributed by atoms with Crippen LogP contribution in [0.1, 0.15) is 34.4 Å². The number of benzene rings is 1. The van der Waals surface area contributed by atoms with Gasteiger partial charge in [0.2, 0.25) is 0 Å². The van der Waals surface area contributed by atoms with E-state index in [4.69, 9.17) is 4.74 Å². The number of nitrogens with zero attached hydrogens (tertiary/aromatic N) is 2. The number of hydrogen-bond acceptors (Lipinski definition) is 4. The Morgan fingerprint density at radius 3 is 2.50 bits per heavy atom. The molecule has 26 heavy (non-hydrogen) atoms. The van der Waals surface area contributed by atoms with Crippen molar-refractivity contribution in [1.82, 2.24) is 15.3 Å². The maximum atomic E-state index is 11.8. The Kier molecular flexibility index (Phi) is 4.31. The number of carbonyl (C=O) groups excluding carboxylic acids is 1. The van der Waals surface area contributed by atoms with Crippen LogP contribution in [0.2, 0.25) is 0 Å². The highest BCUT2D eigenvalue weighted by Crippen LogP contribution is 2.36. The fraction of sp³-hybridized carbons (Fsp3) is 0.0952. The van der Waals surface area contributed by atoms with Gasteiger partial charge in [-0.3, -0.25) is 9.97 Å². The Morgan fingerprint density at radius 1 is 0.885 bits per heavy atom. The Bertz CT molecular complexity index is 978. The Labute approximate surface area is 151 Å². The number of pyridine rings is 2.